The van der Waals surface area contributed by atoms with Gasteiger partial charge in [-0.3, -0.25) is 0 Å². The van der Waals surface area contributed by atoms with E-state index in [0.717, 1.165) is 25.6 Å². The predicted molar refractivity (Wildman–Crippen MR) is 92.0 cm³/mol. The van der Waals surface area contributed by atoms with E-state index in [9.17, 15) is 0 Å². The van der Waals surface area contributed by atoms with Gasteiger partial charge in [0.1, 0.15) is 0 Å². The second kappa shape index (κ2) is 6.48. The lowest BCUT2D eigenvalue weighted by molar-refractivity contribution is 0.470. The van der Waals surface area contributed by atoms with Gasteiger partial charge in [-0.2, -0.15) is 0 Å². The highest BCUT2D eigenvalue weighted by Gasteiger charge is 2.31. The summed E-state index contributed by atoms with van der Waals surface area (Å²) >= 11 is 0. The molecule has 1 fully saturated rings. The molecule has 0 bridgehead atoms. The van der Waals surface area contributed by atoms with Crippen molar-refractivity contribution in [2.24, 2.45) is 5.92 Å². The number of hydrogen-bond acceptors (Lipinski definition) is 2. The maximum absolute atomic E-state index is 3.69. The number of rotatable bonds is 7. The summed E-state index contributed by atoms with van der Waals surface area (Å²) in [6, 6.07) is 16.0. The lowest BCUT2D eigenvalue weighted by Crippen LogP contribution is -2.42. The molecule has 2 heteroatoms. The first kappa shape index (κ1) is 14.4. The van der Waals surface area contributed by atoms with Crippen LogP contribution in [0, 0.1) is 5.92 Å². The van der Waals surface area contributed by atoms with E-state index < -0.39 is 0 Å². The fraction of sp³-hybridized carbons (Fsp3) is 0.474. The van der Waals surface area contributed by atoms with Gasteiger partial charge in [0.15, 0.2) is 0 Å². The van der Waals surface area contributed by atoms with Crippen molar-refractivity contribution in [3.63, 3.8) is 0 Å². The lowest BCUT2D eigenvalue weighted by atomic mass is 10.1. The summed E-state index contributed by atoms with van der Waals surface area (Å²) in [5, 5.41) is 6.39. The highest BCUT2D eigenvalue weighted by Crippen LogP contribution is 2.34. The van der Waals surface area contributed by atoms with Crippen LogP contribution in [0.4, 0.5) is 5.69 Å². The maximum atomic E-state index is 3.69. The Morgan fingerprint density at radius 3 is 2.57 bits per heavy atom. The first-order valence-electron chi connectivity index (χ1n) is 8.29. The fourth-order valence-electron chi connectivity index (χ4n) is 3.26. The molecule has 1 aliphatic rings. The summed E-state index contributed by atoms with van der Waals surface area (Å²) in [5.74, 6) is 0.883. The molecule has 2 nitrogen and oxygen atoms in total. The van der Waals surface area contributed by atoms with E-state index in [1.165, 1.54) is 29.3 Å². The topological polar surface area (TPSA) is 15.3 Å². The van der Waals surface area contributed by atoms with E-state index in [1.54, 1.807) is 0 Å². The summed E-state index contributed by atoms with van der Waals surface area (Å²) in [5.41, 5.74) is 1.37. The third-order valence-electron chi connectivity index (χ3n) is 4.56. The van der Waals surface area contributed by atoms with E-state index in [0.29, 0.717) is 6.04 Å². The number of anilines is 1. The summed E-state index contributed by atoms with van der Waals surface area (Å²) in [4.78, 5) is 2.54. The molecule has 0 aromatic heterocycles. The lowest BCUT2D eigenvalue weighted by Gasteiger charge is -2.30. The smallest absolute Gasteiger partial charge is 0.0446 e. The van der Waals surface area contributed by atoms with E-state index >= 15 is 0 Å². The van der Waals surface area contributed by atoms with Crippen LogP contribution in [-0.4, -0.2) is 25.7 Å². The Labute approximate surface area is 128 Å². The van der Waals surface area contributed by atoms with Crippen molar-refractivity contribution in [3.05, 3.63) is 42.5 Å². The summed E-state index contributed by atoms with van der Waals surface area (Å²) in [7, 11) is 0. The average Bonchev–Trinajstić information content (AvgIpc) is 3.36. The van der Waals surface area contributed by atoms with Gasteiger partial charge in [-0.25, -0.2) is 0 Å². The minimum absolute atomic E-state index is 0.633. The van der Waals surface area contributed by atoms with Crippen LogP contribution in [0.1, 0.15) is 26.7 Å². The van der Waals surface area contributed by atoms with Crippen LogP contribution in [0.3, 0.4) is 0 Å². The van der Waals surface area contributed by atoms with Crippen LogP contribution < -0.4 is 10.2 Å². The molecule has 112 valence electrons. The molecule has 0 aliphatic heterocycles. The Morgan fingerprint density at radius 2 is 1.86 bits per heavy atom. The molecule has 0 saturated heterocycles. The number of fused-ring (bicyclic) bond motifs is 1. The van der Waals surface area contributed by atoms with Crippen molar-refractivity contribution in [1.29, 1.82) is 0 Å². The van der Waals surface area contributed by atoms with Gasteiger partial charge >= 0.3 is 0 Å². The standard InChI is InChI=1S/C19H26N2/c1-3-20-18(16-12-13-16)14-21(4-2)19-11-7-9-15-8-5-6-10-17(15)19/h5-11,16,18,20H,3-4,12-14H2,1-2H3. The molecule has 2 aromatic carbocycles. The van der Waals surface area contributed by atoms with E-state index in [-0.39, 0.29) is 0 Å². The number of nitrogens with zero attached hydrogens (tertiary/aromatic N) is 1. The zero-order valence-electron chi connectivity index (χ0n) is 13.2. The van der Waals surface area contributed by atoms with E-state index in [4.69, 9.17) is 0 Å². The van der Waals surface area contributed by atoms with Crippen molar-refractivity contribution in [3.8, 4) is 0 Å². The van der Waals surface area contributed by atoms with Gasteiger partial charge in [-0.05, 0) is 43.7 Å². The van der Waals surface area contributed by atoms with Crippen LogP contribution in [-0.2, 0) is 0 Å². The molecule has 3 rings (SSSR count). The number of likely N-dealkylation sites (N-methyl/N-ethyl adjacent to an activating group) is 2. The SMILES string of the molecule is CCNC(CN(CC)c1cccc2ccccc12)C1CC1. The third-order valence-corrected chi connectivity index (χ3v) is 4.56. The molecular formula is C19H26N2. The Morgan fingerprint density at radius 1 is 1.10 bits per heavy atom. The largest absolute Gasteiger partial charge is 0.370 e. The van der Waals surface area contributed by atoms with Crippen LogP contribution in [0.15, 0.2) is 42.5 Å². The summed E-state index contributed by atoms with van der Waals surface area (Å²) in [6.45, 7) is 7.71. The van der Waals surface area contributed by atoms with Crippen molar-refractivity contribution in [1.82, 2.24) is 5.32 Å². The van der Waals surface area contributed by atoms with Gasteiger partial charge in [-0.1, -0.05) is 43.3 Å². The highest BCUT2D eigenvalue weighted by molar-refractivity contribution is 5.94. The Kier molecular flexibility index (Phi) is 4.45. The summed E-state index contributed by atoms with van der Waals surface area (Å²) < 4.78 is 0. The molecule has 1 aliphatic carbocycles. The molecule has 0 radical (unpaired) electrons. The normalized spacial score (nSPS) is 16.1. The van der Waals surface area contributed by atoms with Crippen LogP contribution in [0.2, 0.25) is 0 Å². The number of benzene rings is 2. The Balaban J connectivity index is 1.87. The first-order chi connectivity index (χ1) is 10.3. The van der Waals surface area contributed by atoms with Crippen LogP contribution in [0.25, 0.3) is 10.8 Å². The molecule has 0 amide bonds. The highest BCUT2D eigenvalue weighted by atomic mass is 15.2. The zero-order valence-corrected chi connectivity index (χ0v) is 13.2. The molecule has 2 aromatic rings. The fourth-order valence-corrected chi connectivity index (χ4v) is 3.26. The van der Waals surface area contributed by atoms with Gasteiger partial charge in [-0.15, -0.1) is 0 Å². The summed E-state index contributed by atoms with van der Waals surface area (Å²) in [6.07, 6.45) is 2.79. The van der Waals surface area contributed by atoms with Crippen molar-refractivity contribution in [2.45, 2.75) is 32.7 Å². The second-order valence-electron chi connectivity index (χ2n) is 6.04. The monoisotopic (exact) mass is 282 g/mol. The van der Waals surface area contributed by atoms with Crippen molar-refractivity contribution in [2.75, 3.05) is 24.5 Å². The quantitative estimate of drug-likeness (QED) is 0.824. The van der Waals surface area contributed by atoms with Crippen molar-refractivity contribution < 1.29 is 0 Å². The molecule has 1 unspecified atom stereocenters. The maximum Gasteiger partial charge on any atom is 0.0446 e. The second-order valence-corrected chi connectivity index (χ2v) is 6.04. The van der Waals surface area contributed by atoms with Gasteiger partial charge in [0.05, 0.1) is 0 Å². The third kappa shape index (κ3) is 3.21. The minimum atomic E-state index is 0.633. The molecule has 0 spiro atoms. The van der Waals surface area contributed by atoms with Crippen LogP contribution in [0.5, 0.6) is 0 Å². The van der Waals surface area contributed by atoms with Gasteiger partial charge < -0.3 is 10.2 Å². The molecule has 1 N–H and O–H groups in total. The van der Waals surface area contributed by atoms with Gasteiger partial charge in [0.2, 0.25) is 0 Å². The molecule has 1 saturated carbocycles. The minimum Gasteiger partial charge on any atom is -0.370 e. The van der Waals surface area contributed by atoms with E-state index in [2.05, 4.69) is 66.5 Å². The average molecular weight is 282 g/mol. The molecular weight excluding hydrogens is 256 g/mol. The Hall–Kier alpha value is -1.54. The molecule has 0 heterocycles. The van der Waals surface area contributed by atoms with Crippen molar-refractivity contribution >= 4 is 16.5 Å². The molecule has 1 atom stereocenters. The zero-order chi connectivity index (χ0) is 14.7. The van der Waals surface area contributed by atoms with Gasteiger partial charge in [0.25, 0.3) is 0 Å². The molecule has 21 heavy (non-hydrogen) atoms. The number of hydrogen-bond donors (Lipinski definition) is 1. The van der Waals surface area contributed by atoms with Gasteiger partial charge in [0, 0.05) is 30.2 Å². The van der Waals surface area contributed by atoms with E-state index in [1.807, 2.05) is 0 Å². The van der Waals surface area contributed by atoms with Crippen LogP contribution >= 0.6 is 0 Å². The first-order valence-corrected chi connectivity index (χ1v) is 8.29. The Bertz CT molecular complexity index is 584. The number of nitrogens with one attached hydrogen (secondary N) is 1. The predicted octanol–water partition coefficient (Wildman–Crippen LogP) is 4.05.